The fourth-order valence-electron chi connectivity index (χ4n) is 7.82. The van der Waals surface area contributed by atoms with E-state index in [2.05, 4.69) is 13.8 Å². The van der Waals surface area contributed by atoms with E-state index < -0.39 is 22.4 Å². The van der Waals surface area contributed by atoms with Gasteiger partial charge in [-0.2, -0.15) is 0 Å². The molecule has 0 aliphatic rings. The topological polar surface area (TPSA) is 128 Å². The Hall–Kier alpha value is -3.36. The van der Waals surface area contributed by atoms with Gasteiger partial charge >= 0.3 is 0 Å². The fraction of sp³-hybridized carbons (Fsp3) is 0.750. The summed E-state index contributed by atoms with van der Waals surface area (Å²) in [6.07, 6.45) is 43.2. The SMILES string of the molecule is CCCCCCCCCCCCCCCCCCn1cc(Oc2cn(CCCCCCCCCCCCCCCCCC)c(C=O)c(O)c2=O)c(=O)c(O)c1C=O. The molecule has 0 aromatic carbocycles. The van der Waals surface area contributed by atoms with Crippen LogP contribution in [-0.2, 0) is 13.1 Å². The summed E-state index contributed by atoms with van der Waals surface area (Å²) in [4.78, 5) is 49.7. The second kappa shape index (κ2) is 32.6. The van der Waals surface area contributed by atoms with E-state index in [-0.39, 0.29) is 22.9 Å². The minimum atomic E-state index is -0.928. The van der Waals surface area contributed by atoms with Crippen LogP contribution in [0.25, 0.3) is 0 Å². The number of carbonyl (C=O) groups excluding carboxylic acids is 2. The third-order valence-corrected chi connectivity index (χ3v) is 11.5. The summed E-state index contributed by atoms with van der Waals surface area (Å²) in [5.74, 6) is -2.17. The van der Waals surface area contributed by atoms with Gasteiger partial charge in [0, 0.05) is 13.1 Å². The van der Waals surface area contributed by atoms with E-state index in [1.807, 2.05) is 0 Å². The molecule has 0 spiro atoms. The highest BCUT2D eigenvalue weighted by molar-refractivity contribution is 5.77. The normalized spacial score (nSPS) is 11.3. The number of hydrogen-bond donors (Lipinski definition) is 2. The summed E-state index contributed by atoms with van der Waals surface area (Å²) in [7, 11) is 0. The number of unbranched alkanes of at least 4 members (excludes halogenated alkanes) is 30. The van der Waals surface area contributed by atoms with Crippen LogP contribution in [0.5, 0.6) is 23.0 Å². The number of rotatable bonds is 38. The smallest absolute Gasteiger partial charge is 0.266 e. The monoisotopic (exact) mass is 797 g/mol. The molecule has 0 radical (unpaired) electrons. The van der Waals surface area contributed by atoms with Gasteiger partial charge in [0.15, 0.2) is 35.6 Å². The first kappa shape index (κ1) is 49.8. The Morgan fingerprint density at radius 1 is 0.421 bits per heavy atom. The molecule has 9 heteroatoms. The molecular weight excluding hydrogens is 717 g/mol. The molecule has 9 nitrogen and oxygen atoms in total. The first-order chi connectivity index (χ1) is 27.9. The molecule has 324 valence electrons. The molecule has 0 bridgehead atoms. The van der Waals surface area contributed by atoms with Crippen LogP contribution < -0.4 is 15.6 Å². The second-order valence-electron chi connectivity index (χ2n) is 16.4. The van der Waals surface area contributed by atoms with Crippen molar-refractivity contribution in [2.24, 2.45) is 0 Å². The first-order valence-electron chi connectivity index (χ1n) is 23.4. The molecule has 2 aromatic heterocycles. The quantitative estimate of drug-likeness (QED) is 0.0511. The fourth-order valence-corrected chi connectivity index (χ4v) is 7.82. The number of aldehydes is 2. The molecule has 0 saturated heterocycles. The van der Waals surface area contributed by atoms with Crippen molar-refractivity contribution in [3.05, 3.63) is 44.2 Å². The zero-order chi connectivity index (χ0) is 41.4. The summed E-state index contributed by atoms with van der Waals surface area (Å²) in [5, 5.41) is 21.2. The van der Waals surface area contributed by atoms with Crippen molar-refractivity contribution in [3.8, 4) is 23.0 Å². The molecule has 0 fully saturated rings. The number of nitrogens with zero attached hydrogens (tertiary/aromatic N) is 2. The molecule has 2 N–H and O–H groups in total. The van der Waals surface area contributed by atoms with Crippen LogP contribution in [0.1, 0.15) is 240 Å². The molecule has 2 heterocycles. The average molecular weight is 797 g/mol. The first-order valence-corrected chi connectivity index (χ1v) is 23.4. The average Bonchev–Trinajstić information content (AvgIpc) is 3.21. The summed E-state index contributed by atoms with van der Waals surface area (Å²) in [6, 6.07) is 0. The van der Waals surface area contributed by atoms with E-state index in [4.69, 9.17) is 4.74 Å². The molecule has 0 amide bonds. The molecule has 0 atom stereocenters. The predicted molar refractivity (Wildman–Crippen MR) is 235 cm³/mol. The van der Waals surface area contributed by atoms with E-state index in [0.717, 1.165) is 51.4 Å². The lowest BCUT2D eigenvalue weighted by atomic mass is 10.0. The van der Waals surface area contributed by atoms with Gasteiger partial charge in [0.1, 0.15) is 11.4 Å². The Kier molecular flexibility index (Phi) is 28.5. The van der Waals surface area contributed by atoms with Crippen molar-refractivity contribution < 1.29 is 24.5 Å². The largest absolute Gasteiger partial charge is 0.502 e. The summed E-state index contributed by atoms with van der Waals surface area (Å²) in [6.45, 7) is 5.28. The van der Waals surface area contributed by atoms with Crippen molar-refractivity contribution >= 4 is 12.6 Å². The summed E-state index contributed by atoms with van der Waals surface area (Å²) in [5.41, 5.74) is -2.15. The van der Waals surface area contributed by atoms with Crippen molar-refractivity contribution in [1.29, 1.82) is 0 Å². The number of aromatic nitrogens is 2. The van der Waals surface area contributed by atoms with Crippen LogP contribution in [0.15, 0.2) is 22.0 Å². The lowest BCUT2D eigenvalue weighted by molar-refractivity contribution is 0.110. The minimum Gasteiger partial charge on any atom is -0.502 e. The highest BCUT2D eigenvalue weighted by Crippen LogP contribution is 2.24. The predicted octanol–water partition coefficient (Wildman–Crippen LogP) is 13.4. The van der Waals surface area contributed by atoms with Crippen LogP contribution in [-0.4, -0.2) is 31.9 Å². The number of pyridine rings is 2. The van der Waals surface area contributed by atoms with Gasteiger partial charge in [-0.3, -0.25) is 19.2 Å². The number of aromatic hydroxyl groups is 2. The number of carbonyl (C=O) groups is 2. The van der Waals surface area contributed by atoms with Gasteiger partial charge in [0.2, 0.25) is 0 Å². The molecule has 0 aliphatic carbocycles. The van der Waals surface area contributed by atoms with Crippen molar-refractivity contribution in [2.75, 3.05) is 0 Å². The maximum Gasteiger partial charge on any atom is 0.266 e. The zero-order valence-corrected chi connectivity index (χ0v) is 36.2. The van der Waals surface area contributed by atoms with E-state index in [0.29, 0.717) is 25.7 Å². The lowest BCUT2D eigenvalue weighted by Crippen LogP contribution is -2.19. The Balaban J connectivity index is 1.78. The number of aryl methyl sites for hydroxylation is 2. The van der Waals surface area contributed by atoms with Crippen molar-refractivity contribution in [3.63, 3.8) is 0 Å². The van der Waals surface area contributed by atoms with Crippen LogP contribution in [0.2, 0.25) is 0 Å². The van der Waals surface area contributed by atoms with Crippen molar-refractivity contribution in [2.45, 2.75) is 232 Å². The van der Waals surface area contributed by atoms with E-state index in [9.17, 15) is 29.4 Å². The van der Waals surface area contributed by atoms with Crippen molar-refractivity contribution in [1.82, 2.24) is 9.13 Å². The van der Waals surface area contributed by atoms with Crippen LogP contribution in [0.4, 0.5) is 0 Å². The third kappa shape index (κ3) is 20.8. The van der Waals surface area contributed by atoms with E-state index in [1.165, 1.54) is 176 Å². The molecule has 0 saturated carbocycles. The Labute approximate surface area is 345 Å². The maximum atomic E-state index is 13.0. The standard InChI is InChI=1S/C48H80N2O7/c1-3-5-7-9-11-13-15-17-19-21-23-25-27-29-31-33-35-49-37-43(47(55)45(53)41(49)39-51)57-44-38-50(42(40-52)46(54)48(44)56)36-34-32-30-28-26-24-22-20-18-16-14-12-10-8-6-4-2/h37-40,53-54H,3-36H2,1-2H3. The van der Waals surface area contributed by atoms with Crippen LogP contribution in [0, 0.1) is 0 Å². The van der Waals surface area contributed by atoms with Crippen LogP contribution >= 0.6 is 0 Å². The van der Waals surface area contributed by atoms with Gasteiger partial charge in [0.05, 0.1) is 12.4 Å². The lowest BCUT2D eigenvalue weighted by Gasteiger charge is -2.16. The Morgan fingerprint density at radius 2 is 0.649 bits per heavy atom. The molecule has 2 aromatic rings. The molecule has 57 heavy (non-hydrogen) atoms. The van der Waals surface area contributed by atoms with Gasteiger partial charge in [0.25, 0.3) is 10.9 Å². The maximum absolute atomic E-state index is 13.0. The molecule has 2 rings (SSSR count). The van der Waals surface area contributed by atoms with Gasteiger partial charge in [-0.05, 0) is 12.8 Å². The molecule has 0 unspecified atom stereocenters. The highest BCUT2D eigenvalue weighted by Gasteiger charge is 2.20. The highest BCUT2D eigenvalue weighted by atomic mass is 16.5. The van der Waals surface area contributed by atoms with Gasteiger partial charge in [-0.25, -0.2) is 0 Å². The summed E-state index contributed by atoms with van der Waals surface area (Å²) >= 11 is 0. The number of hydrogen-bond acceptors (Lipinski definition) is 7. The minimum absolute atomic E-state index is 0.145. The van der Waals surface area contributed by atoms with Gasteiger partial charge < -0.3 is 24.1 Å². The van der Waals surface area contributed by atoms with E-state index >= 15 is 0 Å². The number of ether oxygens (including phenoxy) is 1. The summed E-state index contributed by atoms with van der Waals surface area (Å²) < 4.78 is 8.70. The Bertz CT molecular complexity index is 1370. The zero-order valence-electron chi connectivity index (χ0n) is 36.2. The Morgan fingerprint density at radius 3 is 0.877 bits per heavy atom. The van der Waals surface area contributed by atoms with Crippen LogP contribution in [0.3, 0.4) is 0 Å². The van der Waals surface area contributed by atoms with E-state index in [1.54, 1.807) is 0 Å². The third-order valence-electron chi connectivity index (χ3n) is 11.5. The second-order valence-corrected chi connectivity index (χ2v) is 16.4. The molecule has 0 aliphatic heterocycles. The van der Waals surface area contributed by atoms with Gasteiger partial charge in [-0.15, -0.1) is 0 Å². The van der Waals surface area contributed by atoms with Gasteiger partial charge in [-0.1, -0.05) is 206 Å². The molecular formula is C48H80N2O7.